The van der Waals surface area contributed by atoms with E-state index in [0.29, 0.717) is 24.1 Å². The van der Waals surface area contributed by atoms with Crippen molar-refractivity contribution in [3.05, 3.63) is 46.8 Å². The second-order valence-corrected chi connectivity index (χ2v) is 4.90. The summed E-state index contributed by atoms with van der Waals surface area (Å²) in [6, 6.07) is 6.49. The Labute approximate surface area is 122 Å². The van der Waals surface area contributed by atoms with Crippen LogP contribution in [-0.2, 0) is 11.2 Å². The lowest BCUT2D eigenvalue weighted by atomic mass is 10.1. The smallest absolute Gasteiger partial charge is 0.248 e. The molecule has 0 aliphatic rings. The molecular weight excluding hydrogens is 268 g/mol. The standard InChI is InChI=1S/C15H18N4O2/c1-9-13(10(2)19-18-9)7-8-14(20)17-12-5-3-11(4-6-12)15(16)21/h3-6H,7-8H2,1-2H3,(H2,16,21)(H,17,20)(H,18,19). The number of anilines is 1. The molecule has 0 radical (unpaired) electrons. The first-order chi connectivity index (χ1) is 9.97. The molecule has 21 heavy (non-hydrogen) atoms. The van der Waals surface area contributed by atoms with Crippen LogP contribution in [0.25, 0.3) is 0 Å². The van der Waals surface area contributed by atoms with Crippen molar-refractivity contribution in [3.8, 4) is 0 Å². The van der Waals surface area contributed by atoms with Gasteiger partial charge in [0, 0.05) is 23.4 Å². The number of nitrogens with one attached hydrogen (secondary N) is 2. The Hall–Kier alpha value is -2.63. The van der Waals surface area contributed by atoms with Gasteiger partial charge in [0.1, 0.15) is 0 Å². The summed E-state index contributed by atoms with van der Waals surface area (Å²) >= 11 is 0. The lowest BCUT2D eigenvalue weighted by Crippen LogP contribution is -2.14. The molecule has 0 bridgehead atoms. The van der Waals surface area contributed by atoms with E-state index < -0.39 is 5.91 Å². The third kappa shape index (κ3) is 3.68. The first kappa shape index (κ1) is 14.8. The molecule has 0 unspecified atom stereocenters. The Morgan fingerprint density at radius 1 is 1.24 bits per heavy atom. The van der Waals surface area contributed by atoms with E-state index in [1.54, 1.807) is 24.3 Å². The van der Waals surface area contributed by atoms with Gasteiger partial charge in [-0.1, -0.05) is 0 Å². The number of nitrogens with two attached hydrogens (primary N) is 1. The van der Waals surface area contributed by atoms with Crippen LogP contribution in [0.4, 0.5) is 5.69 Å². The van der Waals surface area contributed by atoms with Crippen molar-refractivity contribution in [2.75, 3.05) is 5.32 Å². The number of aromatic amines is 1. The lowest BCUT2D eigenvalue weighted by Gasteiger charge is -2.06. The second-order valence-electron chi connectivity index (χ2n) is 4.90. The number of nitrogens with zero attached hydrogens (tertiary/aromatic N) is 1. The van der Waals surface area contributed by atoms with Crippen LogP contribution >= 0.6 is 0 Å². The van der Waals surface area contributed by atoms with Crippen LogP contribution in [0.1, 0.15) is 33.7 Å². The predicted octanol–water partition coefficient (Wildman–Crippen LogP) is 1.70. The number of amides is 2. The molecule has 4 N–H and O–H groups in total. The Balaban J connectivity index is 1.91. The summed E-state index contributed by atoms with van der Waals surface area (Å²) in [6.07, 6.45) is 1.01. The van der Waals surface area contributed by atoms with Gasteiger partial charge in [-0.3, -0.25) is 14.7 Å². The molecule has 0 atom stereocenters. The van der Waals surface area contributed by atoms with Crippen molar-refractivity contribution < 1.29 is 9.59 Å². The van der Waals surface area contributed by atoms with E-state index in [9.17, 15) is 9.59 Å². The highest BCUT2D eigenvalue weighted by Gasteiger charge is 2.09. The van der Waals surface area contributed by atoms with Crippen molar-refractivity contribution in [1.29, 1.82) is 0 Å². The molecule has 110 valence electrons. The van der Waals surface area contributed by atoms with Crippen molar-refractivity contribution in [1.82, 2.24) is 10.2 Å². The third-order valence-corrected chi connectivity index (χ3v) is 3.34. The minimum Gasteiger partial charge on any atom is -0.366 e. The van der Waals surface area contributed by atoms with Gasteiger partial charge in [0.2, 0.25) is 11.8 Å². The van der Waals surface area contributed by atoms with Gasteiger partial charge in [-0.05, 0) is 50.1 Å². The summed E-state index contributed by atoms with van der Waals surface area (Å²) in [7, 11) is 0. The molecule has 1 aromatic heterocycles. The average molecular weight is 286 g/mol. The molecule has 2 amide bonds. The van der Waals surface area contributed by atoms with Crippen molar-refractivity contribution in [2.24, 2.45) is 5.73 Å². The predicted molar refractivity (Wildman–Crippen MR) is 80.0 cm³/mol. The van der Waals surface area contributed by atoms with Gasteiger partial charge in [0.15, 0.2) is 0 Å². The molecule has 1 aromatic carbocycles. The molecule has 2 rings (SSSR count). The number of aromatic nitrogens is 2. The van der Waals surface area contributed by atoms with Crippen LogP contribution in [0.2, 0.25) is 0 Å². The van der Waals surface area contributed by atoms with E-state index in [0.717, 1.165) is 17.0 Å². The summed E-state index contributed by atoms with van der Waals surface area (Å²) in [4.78, 5) is 22.9. The zero-order valence-electron chi connectivity index (χ0n) is 12.1. The van der Waals surface area contributed by atoms with E-state index in [4.69, 9.17) is 5.73 Å². The van der Waals surface area contributed by atoms with Crippen LogP contribution in [0, 0.1) is 13.8 Å². The summed E-state index contributed by atoms with van der Waals surface area (Å²) in [5, 5.41) is 9.79. The number of rotatable bonds is 5. The Kier molecular flexibility index (Phi) is 4.37. The number of benzene rings is 1. The Morgan fingerprint density at radius 3 is 2.43 bits per heavy atom. The van der Waals surface area contributed by atoms with E-state index in [1.807, 2.05) is 13.8 Å². The minimum atomic E-state index is -0.487. The normalized spacial score (nSPS) is 10.4. The number of aryl methyl sites for hydroxylation is 2. The maximum absolute atomic E-state index is 11.9. The fourth-order valence-corrected chi connectivity index (χ4v) is 2.12. The van der Waals surface area contributed by atoms with Crippen LogP contribution in [0.3, 0.4) is 0 Å². The maximum atomic E-state index is 11.9. The maximum Gasteiger partial charge on any atom is 0.248 e. The lowest BCUT2D eigenvalue weighted by molar-refractivity contribution is -0.116. The van der Waals surface area contributed by atoms with E-state index in [-0.39, 0.29) is 5.91 Å². The van der Waals surface area contributed by atoms with Crippen LogP contribution in [0.15, 0.2) is 24.3 Å². The first-order valence-corrected chi connectivity index (χ1v) is 6.67. The van der Waals surface area contributed by atoms with Gasteiger partial charge >= 0.3 is 0 Å². The summed E-state index contributed by atoms with van der Waals surface area (Å²) in [6.45, 7) is 3.86. The monoisotopic (exact) mass is 286 g/mol. The molecule has 0 saturated heterocycles. The van der Waals surface area contributed by atoms with Gasteiger partial charge in [0.25, 0.3) is 0 Å². The summed E-state index contributed by atoms with van der Waals surface area (Å²) < 4.78 is 0. The van der Waals surface area contributed by atoms with Crippen LogP contribution in [-0.4, -0.2) is 22.0 Å². The second kappa shape index (κ2) is 6.21. The fourth-order valence-electron chi connectivity index (χ4n) is 2.12. The zero-order chi connectivity index (χ0) is 15.4. The van der Waals surface area contributed by atoms with E-state index in [2.05, 4.69) is 15.5 Å². The van der Waals surface area contributed by atoms with Crippen molar-refractivity contribution in [3.63, 3.8) is 0 Å². The molecule has 0 fully saturated rings. The zero-order valence-corrected chi connectivity index (χ0v) is 12.1. The third-order valence-electron chi connectivity index (χ3n) is 3.34. The SMILES string of the molecule is Cc1n[nH]c(C)c1CCC(=O)Nc1ccc(C(N)=O)cc1. The van der Waals surface area contributed by atoms with Crippen LogP contribution < -0.4 is 11.1 Å². The summed E-state index contributed by atoms with van der Waals surface area (Å²) in [5.41, 5.74) is 9.21. The molecule has 6 heteroatoms. The van der Waals surface area contributed by atoms with E-state index in [1.165, 1.54) is 0 Å². The number of H-pyrrole nitrogens is 1. The Morgan fingerprint density at radius 2 is 1.90 bits per heavy atom. The Bertz CT molecular complexity index is 639. The highest BCUT2D eigenvalue weighted by Crippen LogP contribution is 2.13. The number of hydrogen-bond acceptors (Lipinski definition) is 3. The molecule has 0 spiro atoms. The van der Waals surface area contributed by atoms with Gasteiger partial charge in [-0.25, -0.2) is 0 Å². The topological polar surface area (TPSA) is 101 Å². The quantitative estimate of drug-likeness (QED) is 0.779. The first-order valence-electron chi connectivity index (χ1n) is 6.67. The molecule has 1 heterocycles. The van der Waals surface area contributed by atoms with E-state index >= 15 is 0 Å². The number of carbonyl (C=O) groups excluding carboxylic acids is 2. The number of carbonyl (C=O) groups is 2. The highest BCUT2D eigenvalue weighted by atomic mass is 16.1. The summed E-state index contributed by atoms with van der Waals surface area (Å²) in [5.74, 6) is -0.569. The average Bonchev–Trinajstić information content (AvgIpc) is 2.76. The molecule has 0 aliphatic heterocycles. The fraction of sp³-hybridized carbons (Fsp3) is 0.267. The molecular formula is C15H18N4O2. The molecule has 0 saturated carbocycles. The van der Waals surface area contributed by atoms with Gasteiger partial charge < -0.3 is 11.1 Å². The van der Waals surface area contributed by atoms with Gasteiger partial charge in [0.05, 0.1) is 5.69 Å². The van der Waals surface area contributed by atoms with Crippen molar-refractivity contribution >= 4 is 17.5 Å². The van der Waals surface area contributed by atoms with Gasteiger partial charge in [-0.2, -0.15) is 5.10 Å². The van der Waals surface area contributed by atoms with Crippen molar-refractivity contribution in [2.45, 2.75) is 26.7 Å². The minimum absolute atomic E-state index is 0.0816. The molecule has 6 nitrogen and oxygen atoms in total. The number of hydrogen-bond donors (Lipinski definition) is 3. The number of primary amides is 1. The van der Waals surface area contributed by atoms with Crippen LogP contribution in [0.5, 0.6) is 0 Å². The highest BCUT2D eigenvalue weighted by molar-refractivity contribution is 5.94. The largest absolute Gasteiger partial charge is 0.366 e. The van der Waals surface area contributed by atoms with Gasteiger partial charge in [-0.15, -0.1) is 0 Å². The molecule has 2 aromatic rings. The molecule has 0 aliphatic carbocycles.